The van der Waals surface area contributed by atoms with Gasteiger partial charge in [0.25, 0.3) is 0 Å². The summed E-state index contributed by atoms with van der Waals surface area (Å²) in [5, 5.41) is 4.03. The van der Waals surface area contributed by atoms with E-state index in [1.54, 1.807) is 0 Å². The maximum Gasteiger partial charge on any atom is 0.227 e. The molecule has 0 unspecified atom stereocenters. The average Bonchev–Trinajstić information content (AvgIpc) is 2.96. The predicted molar refractivity (Wildman–Crippen MR) is 84.9 cm³/mol. The number of anilines is 1. The monoisotopic (exact) mass is 299 g/mol. The number of aromatic nitrogens is 1. The summed E-state index contributed by atoms with van der Waals surface area (Å²) >= 11 is 0. The van der Waals surface area contributed by atoms with Crippen molar-refractivity contribution in [3.63, 3.8) is 0 Å². The molecule has 0 saturated carbocycles. The van der Waals surface area contributed by atoms with Gasteiger partial charge in [0.05, 0.1) is 6.42 Å². The van der Waals surface area contributed by atoms with E-state index in [2.05, 4.69) is 17.0 Å². The quantitative estimate of drug-likeness (QED) is 0.871. The van der Waals surface area contributed by atoms with Crippen LogP contribution in [-0.2, 0) is 11.2 Å². The van der Waals surface area contributed by atoms with Crippen LogP contribution in [0.25, 0.3) is 0 Å². The van der Waals surface area contributed by atoms with Crippen LogP contribution < -0.4 is 4.90 Å². The maximum absolute atomic E-state index is 12.4. The van der Waals surface area contributed by atoms with Gasteiger partial charge in [-0.25, -0.2) is 0 Å². The lowest BCUT2D eigenvalue weighted by Crippen LogP contribution is -2.49. The first-order valence-electron chi connectivity index (χ1n) is 7.63. The molecule has 1 aromatic carbocycles. The number of carbonyl (C=O) groups is 1. The molecule has 2 aromatic rings. The molecule has 1 fully saturated rings. The summed E-state index contributed by atoms with van der Waals surface area (Å²) in [6.07, 6.45) is 0.476. The van der Waals surface area contributed by atoms with E-state index in [4.69, 9.17) is 4.52 Å². The minimum Gasteiger partial charge on any atom is -0.360 e. The molecule has 1 aliphatic heterocycles. The summed E-state index contributed by atoms with van der Waals surface area (Å²) < 4.78 is 5.11. The molecule has 22 heavy (non-hydrogen) atoms. The Morgan fingerprint density at radius 1 is 1.14 bits per heavy atom. The molecular formula is C17H21N3O2. The molecule has 0 atom stereocenters. The third-order valence-electron chi connectivity index (χ3n) is 4.05. The summed E-state index contributed by atoms with van der Waals surface area (Å²) in [6, 6.07) is 10.1. The van der Waals surface area contributed by atoms with Crippen molar-refractivity contribution >= 4 is 11.7 Å². The lowest BCUT2D eigenvalue weighted by molar-refractivity contribution is -0.130. The number of piperazine rings is 1. The zero-order chi connectivity index (χ0) is 15.5. The van der Waals surface area contributed by atoms with E-state index in [9.17, 15) is 4.79 Å². The normalized spacial score (nSPS) is 15.2. The van der Waals surface area contributed by atoms with Crippen LogP contribution in [0.4, 0.5) is 5.82 Å². The van der Waals surface area contributed by atoms with Gasteiger partial charge >= 0.3 is 0 Å². The fraction of sp³-hybridized carbons (Fsp3) is 0.412. The Morgan fingerprint density at radius 3 is 2.41 bits per heavy atom. The molecule has 2 heterocycles. The van der Waals surface area contributed by atoms with E-state index < -0.39 is 0 Å². The van der Waals surface area contributed by atoms with Gasteiger partial charge in [-0.15, -0.1) is 0 Å². The third kappa shape index (κ3) is 3.30. The minimum absolute atomic E-state index is 0.194. The highest BCUT2D eigenvalue weighted by Crippen LogP contribution is 2.16. The van der Waals surface area contributed by atoms with Crippen LogP contribution in [0.15, 0.2) is 34.9 Å². The topological polar surface area (TPSA) is 49.6 Å². The highest BCUT2D eigenvalue weighted by Gasteiger charge is 2.22. The van der Waals surface area contributed by atoms with Crippen molar-refractivity contribution in [3.8, 4) is 0 Å². The minimum atomic E-state index is 0.194. The van der Waals surface area contributed by atoms with Crippen LogP contribution in [0.3, 0.4) is 0 Å². The lowest BCUT2D eigenvalue weighted by atomic mass is 10.1. The van der Waals surface area contributed by atoms with Crippen molar-refractivity contribution in [1.82, 2.24) is 10.1 Å². The van der Waals surface area contributed by atoms with E-state index >= 15 is 0 Å². The van der Waals surface area contributed by atoms with Gasteiger partial charge in [-0.05, 0) is 19.4 Å². The van der Waals surface area contributed by atoms with E-state index in [1.807, 2.05) is 42.2 Å². The Balaban J connectivity index is 1.54. The number of benzene rings is 1. The Bertz CT molecular complexity index is 640. The zero-order valence-corrected chi connectivity index (χ0v) is 13.1. The Kier molecular flexibility index (Phi) is 4.13. The largest absolute Gasteiger partial charge is 0.360 e. The number of amides is 1. The van der Waals surface area contributed by atoms with E-state index in [-0.39, 0.29) is 5.91 Å². The number of nitrogens with zero attached hydrogens (tertiary/aromatic N) is 3. The smallest absolute Gasteiger partial charge is 0.227 e. The first-order chi connectivity index (χ1) is 10.6. The highest BCUT2D eigenvalue weighted by atomic mass is 16.5. The van der Waals surface area contributed by atoms with Gasteiger partial charge < -0.3 is 14.3 Å². The van der Waals surface area contributed by atoms with Crippen LogP contribution in [-0.4, -0.2) is 42.1 Å². The average molecular weight is 299 g/mol. The lowest BCUT2D eigenvalue weighted by Gasteiger charge is -2.34. The molecule has 0 aliphatic carbocycles. The van der Waals surface area contributed by atoms with Crippen molar-refractivity contribution in [2.45, 2.75) is 20.3 Å². The Morgan fingerprint density at radius 2 is 1.82 bits per heavy atom. The van der Waals surface area contributed by atoms with Crippen LogP contribution in [0.2, 0.25) is 0 Å². The second-order valence-corrected chi connectivity index (χ2v) is 5.83. The Labute approximate surface area is 130 Å². The van der Waals surface area contributed by atoms with Crippen molar-refractivity contribution < 1.29 is 9.32 Å². The molecule has 5 nitrogen and oxygen atoms in total. The molecule has 1 amide bonds. The first kappa shape index (κ1) is 14.6. The molecule has 1 saturated heterocycles. The molecule has 1 aliphatic rings. The second kappa shape index (κ2) is 6.22. The molecule has 1 aromatic heterocycles. The molecule has 3 rings (SSSR count). The van der Waals surface area contributed by atoms with Crippen LogP contribution in [0.1, 0.15) is 16.9 Å². The maximum atomic E-state index is 12.4. The van der Waals surface area contributed by atoms with Crippen molar-refractivity contribution in [2.24, 2.45) is 0 Å². The van der Waals surface area contributed by atoms with Gasteiger partial charge in [0.1, 0.15) is 5.76 Å². The van der Waals surface area contributed by atoms with Gasteiger partial charge in [0, 0.05) is 32.2 Å². The first-order valence-corrected chi connectivity index (χ1v) is 7.63. The fourth-order valence-electron chi connectivity index (χ4n) is 2.68. The standard InChI is InChI=1S/C17H21N3O2/c1-13-3-5-15(6-4-13)12-17(21)20-9-7-19(8-10-20)16-11-14(2)22-18-16/h3-6,11H,7-10,12H2,1-2H3. The number of aryl methyl sites for hydroxylation is 2. The van der Waals surface area contributed by atoms with Gasteiger partial charge in [-0.3, -0.25) is 4.79 Å². The summed E-state index contributed by atoms with van der Waals surface area (Å²) in [5.74, 6) is 1.87. The molecule has 5 heteroatoms. The molecular weight excluding hydrogens is 278 g/mol. The molecule has 0 bridgehead atoms. The van der Waals surface area contributed by atoms with Gasteiger partial charge in [0.15, 0.2) is 5.82 Å². The highest BCUT2D eigenvalue weighted by molar-refractivity contribution is 5.79. The number of carbonyl (C=O) groups excluding carboxylic acids is 1. The molecule has 0 spiro atoms. The second-order valence-electron chi connectivity index (χ2n) is 5.83. The van der Waals surface area contributed by atoms with Gasteiger partial charge in [-0.2, -0.15) is 0 Å². The van der Waals surface area contributed by atoms with Crippen molar-refractivity contribution in [3.05, 3.63) is 47.2 Å². The fourth-order valence-corrected chi connectivity index (χ4v) is 2.68. The van der Waals surface area contributed by atoms with E-state index in [0.717, 1.165) is 43.3 Å². The van der Waals surface area contributed by atoms with Crippen molar-refractivity contribution in [2.75, 3.05) is 31.1 Å². The summed E-state index contributed by atoms with van der Waals surface area (Å²) in [5.41, 5.74) is 2.29. The van der Waals surface area contributed by atoms with Gasteiger partial charge in [-0.1, -0.05) is 35.0 Å². The van der Waals surface area contributed by atoms with E-state index in [0.29, 0.717) is 6.42 Å². The SMILES string of the molecule is Cc1ccc(CC(=O)N2CCN(c3cc(C)on3)CC2)cc1. The summed E-state index contributed by atoms with van der Waals surface area (Å²) in [7, 11) is 0. The molecule has 116 valence electrons. The molecule has 0 N–H and O–H groups in total. The van der Waals surface area contributed by atoms with Crippen LogP contribution >= 0.6 is 0 Å². The van der Waals surface area contributed by atoms with Crippen LogP contribution in [0.5, 0.6) is 0 Å². The van der Waals surface area contributed by atoms with Crippen LogP contribution in [0, 0.1) is 13.8 Å². The van der Waals surface area contributed by atoms with Crippen molar-refractivity contribution in [1.29, 1.82) is 0 Å². The number of hydrogen-bond donors (Lipinski definition) is 0. The Hall–Kier alpha value is -2.30. The number of hydrogen-bond acceptors (Lipinski definition) is 4. The zero-order valence-electron chi connectivity index (χ0n) is 13.1. The van der Waals surface area contributed by atoms with Gasteiger partial charge in [0.2, 0.25) is 5.91 Å². The predicted octanol–water partition coefficient (Wildman–Crippen LogP) is 2.18. The van der Waals surface area contributed by atoms with E-state index in [1.165, 1.54) is 5.56 Å². The third-order valence-corrected chi connectivity index (χ3v) is 4.05. The number of rotatable bonds is 3. The molecule has 0 radical (unpaired) electrons. The summed E-state index contributed by atoms with van der Waals surface area (Å²) in [4.78, 5) is 16.5. The summed E-state index contributed by atoms with van der Waals surface area (Å²) in [6.45, 7) is 7.00.